The van der Waals surface area contributed by atoms with Crippen molar-refractivity contribution >= 4 is 11.6 Å². The van der Waals surface area contributed by atoms with E-state index in [0.29, 0.717) is 11.2 Å². The minimum atomic E-state index is -0.476. The van der Waals surface area contributed by atoms with Crippen LogP contribution in [-0.4, -0.2) is 20.5 Å². The van der Waals surface area contributed by atoms with Gasteiger partial charge in [-0.05, 0) is 6.07 Å². The van der Waals surface area contributed by atoms with Crippen molar-refractivity contribution in [2.75, 3.05) is 0 Å². The lowest BCUT2D eigenvalue weighted by Crippen LogP contribution is -2.35. The quantitative estimate of drug-likeness (QED) is 0.820. The highest BCUT2D eigenvalue weighted by Gasteiger charge is 2.21. The second kappa shape index (κ2) is 4.29. The number of carbonyl (C=O) groups is 1. The van der Waals surface area contributed by atoms with Gasteiger partial charge in [0, 0.05) is 17.8 Å². The first kappa shape index (κ1) is 12.3. The van der Waals surface area contributed by atoms with Crippen molar-refractivity contribution in [3.05, 3.63) is 34.4 Å². The Kier molecular flexibility index (Phi) is 2.94. The van der Waals surface area contributed by atoms with Crippen molar-refractivity contribution in [3.63, 3.8) is 0 Å². The van der Waals surface area contributed by atoms with Gasteiger partial charge < -0.3 is 5.32 Å². The molecular formula is C12H16N4O2. The van der Waals surface area contributed by atoms with E-state index in [1.807, 2.05) is 20.8 Å². The summed E-state index contributed by atoms with van der Waals surface area (Å²) in [5.74, 6) is -0.0998. The highest BCUT2D eigenvalue weighted by molar-refractivity contribution is 5.81. The first-order valence-corrected chi connectivity index (χ1v) is 5.72. The molecule has 0 atom stereocenters. The largest absolute Gasteiger partial charge is 0.351 e. The summed E-state index contributed by atoms with van der Waals surface area (Å²) < 4.78 is 1.54. The number of rotatable bonds is 2. The zero-order valence-electron chi connectivity index (χ0n) is 10.7. The standard InChI is InChI=1S/C12H16N4O2/c1-12(2,3)11(18)14-7-8-9-13-5-4-6-16(9)15-10(8)17/h4-6H,7H2,1-3H3,(H,14,18)(H,15,17). The lowest BCUT2D eigenvalue weighted by Gasteiger charge is -2.16. The van der Waals surface area contributed by atoms with E-state index in [1.165, 1.54) is 0 Å². The van der Waals surface area contributed by atoms with Gasteiger partial charge in [0.1, 0.15) is 0 Å². The fourth-order valence-electron chi connectivity index (χ4n) is 1.56. The number of aromatic nitrogens is 3. The molecule has 0 aliphatic heterocycles. The van der Waals surface area contributed by atoms with Gasteiger partial charge >= 0.3 is 0 Å². The van der Waals surface area contributed by atoms with Crippen LogP contribution >= 0.6 is 0 Å². The lowest BCUT2D eigenvalue weighted by molar-refractivity contribution is -0.128. The molecule has 2 heterocycles. The summed E-state index contributed by atoms with van der Waals surface area (Å²) >= 11 is 0. The minimum Gasteiger partial charge on any atom is -0.351 e. The predicted octanol–water partition coefficient (Wildman–Crippen LogP) is 0.685. The molecule has 0 aliphatic carbocycles. The summed E-state index contributed by atoms with van der Waals surface area (Å²) in [6.07, 6.45) is 3.32. The van der Waals surface area contributed by atoms with E-state index in [1.54, 1.807) is 23.0 Å². The number of hydrogen-bond donors (Lipinski definition) is 2. The van der Waals surface area contributed by atoms with Crippen molar-refractivity contribution in [1.82, 2.24) is 19.9 Å². The average Bonchev–Trinajstić information content (AvgIpc) is 2.60. The molecule has 0 aliphatic rings. The van der Waals surface area contributed by atoms with Crippen molar-refractivity contribution in [2.24, 2.45) is 5.41 Å². The topological polar surface area (TPSA) is 79.3 Å². The second-order valence-corrected chi connectivity index (χ2v) is 5.17. The Bertz CT molecular complexity index is 633. The second-order valence-electron chi connectivity index (χ2n) is 5.17. The Balaban J connectivity index is 2.25. The molecule has 0 spiro atoms. The molecule has 0 aromatic carbocycles. The SMILES string of the molecule is CC(C)(C)C(=O)NCc1c(=O)[nH]n2cccnc12. The van der Waals surface area contributed by atoms with E-state index in [-0.39, 0.29) is 18.0 Å². The molecule has 6 heteroatoms. The zero-order chi connectivity index (χ0) is 13.3. The van der Waals surface area contributed by atoms with Crippen LogP contribution in [0, 0.1) is 5.41 Å². The van der Waals surface area contributed by atoms with E-state index in [9.17, 15) is 9.59 Å². The van der Waals surface area contributed by atoms with Gasteiger partial charge in [-0.15, -0.1) is 0 Å². The maximum Gasteiger partial charge on any atom is 0.271 e. The van der Waals surface area contributed by atoms with E-state index in [4.69, 9.17) is 0 Å². The van der Waals surface area contributed by atoms with Crippen molar-refractivity contribution in [3.8, 4) is 0 Å². The van der Waals surface area contributed by atoms with Gasteiger partial charge in [0.15, 0.2) is 5.65 Å². The Morgan fingerprint density at radius 2 is 2.22 bits per heavy atom. The highest BCUT2D eigenvalue weighted by Crippen LogP contribution is 2.13. The Morgan fingerprint density at radius 1 is 1.50 bits per heavy atom. The third kappa shape index (κ3) is 2.27. The summed E-state index contributed by atoms with van der Waals surface area (Å²) in [6.45, 7) is 5.65. The number of nitrogens with one attached hydrogen (secondary N) is 2. The van der Waals surface area contributed by atoms with E-state index < -0.39 is 5.41 Å². The first-order chi connectivity index (χ1) is 8.39. The Morgan fingerprint density at radius 3 is 2.89 bits per heavy atom. The normalized spacial score (nSPS) is 11.7. The summed E-state index contributed by atoms with van der Waals surface area (Å²) in [6, 6.07) is 1.72. The third-order valence-corrected chi connectivity index (χ3v) is 2.62. The molecule has 2 aromatic heterocycles. The maximum atomic E-state index is 11.8. The lowest BCUT2D eigenvalue weighted by atomic mass is 9.96. The minimum absolute atomic E-state index is 0.0998. The van der Waals surface area contributed by atoms with Crippen LogP contribution in [0.4, 0.5) is 0 Å². The maximum absolute atomic E-state index is 11.8. The number of hydrogen-bond acceptors (Lipinski definition) is 3. The van der Waals surface area contributed by atoms with Crippen LogP contribution < -0.4 is 10.9 Å². The van der Waals surface area contributed by atoms with E-state index in [0.717, 1.165) is 0 Å². The molecule has 2 aromatic rings. The molecule has 0 bridgehead atoms. The molecule has 0 unspecified atom stereocenters. The van der Waals surface area contributed by atoms with Gasteiger partial charge in [-0.1, -0.05) is 20.8 Å². The van der Waals surface area contributed by atoms with Crippen LogP contribution in [0.3, 0.4) is 0 Å². The molecular weight excluding hydrogens is 232 g/mol. The molecule has 18 heavy (non-hydrogen) atoms. The molecule has 0 saturated carbocycles. The van der Waals surface area contributed by atoms with Crippen molar-refractivity contribution in [1.29, 1.82) is 0 Å². The van der Waals surface area contributed by atoms with Crippen molar-refractivity contribution in [2.45, 2.75) is 27.3 Å². The van der Waals surface area contributed by atoms with Gasteiger partial charge in [-0.25, -0.2) is 9.50 Å². The van der Waals surface area contributed by atoms with Crippen LogP contribution in [0.25, 0.3) is 5.65 Å². The van der Waals surface area contributed by atoms with Crippen LogP contribution in [0.15, 0.2) is 23.3 Å². The zero-order valence-corrected chi connectivity index (χ0v) is 10.7. The number of carbonyl (C=O) groups excluding carboxylic acids is 1. The predicted molar refractivity (Wildman–Crippen MR) is 67.1 cm³/mol. The van der Waals surface area contributed by atoms with Gasteiger partial charge in [-0.3, -0.25) is 14.7 Å². The molecule has 2 rings (SSSR count). The molecule has 0 fully saturated rings. The molecule has 2 N–H and O–H groups in total. The van der Waals surface area contributed by atoms with Gasteiger partial charge in [0.05, 0.1) is 12.1 Å². The summed E-state index contributed by atoms with van der Waals surface area (Å²) in [7, 11) is 0. The van der Waals surface area contributed by atoms with Crippen LogP contribution in [0.5, 0.6) is 0 Å². The number of fused-ring (bicyclic) bond motifs is 1. The molecule has 0 saturated heterocycles. The highest BCUT2D eigenvalue weighted by atomic mass is 16.2. The summed E-state index contributed by atoms with van der Waals surface area (Å²) in [4.78, 5) is 27.6. The number of aromatic amines is 1. The van der Waals surface area contributed by atoms with Crippen molar-refractivity contribution < 1.29 is 4.79 Å². The average molecular weight is 248 g/mol. The van der Waals surface area contributed by atoms with Gasteiger partial charge in [0.2, 0.25) is 5.91 Å². The monoisotopic (exact) mass is 248 g/mol. The van der Waals surface area contributed by atoms with Gasteiger partial charge in [0.25, 0.3) is 5.56 Å². The molecule has 6 nitrogen and oxygen atoms in total. The van der Waals surface area contributed by atoms with E-state index >= 15 is 0 Å². The fourth-order valence-corrected chi connectivity index (χ4v) is 1.56. The first-order valence-electron chi connectivity index (χ1n) is 5.72. The number of H-pyrrole nitrogens is 1. The number of nitrogens with zero attached hydrogens (tertiary/aromatic N) is 2. The number of amides is 1. The smallest absolute Gasteiger partial charge is 0.271 e. The van der Waals surface area contributed by atoms with Crippen LogP contribution in [-0.2, 0) is 11.3 Å². The summed E-state index contributed by atoms with van der Waals surface area (Å²) in [5.41, 5.74) is 0.295. The Hall–Kier alpha value is -2.11. The van der Waals surface area contributed by atoms with Crippen LogP contribution in [0.1, 0.15) is 26.3 Å². The molecule has 96 valence electrons. The third-order valence-electron chi connectivity index (χ3n) is 2.62. The Labute approximate surface area is 104 Å². The summed E-state index contributed by atoms with van der Waals surface area (Å²) in [5, 5.41) is 5.38. The fraction of sp³-hybridized carbons (Fsp3) is 0.417. The van der Waals surface area contributed by atoms with Crippen LogP contribution in [0.2, 0.25) is 0 Å². The van der Waals surface area contributed by atoms with Gasteiger partial charge in [-0.2, -0.15) is 0 Å². The molecule has 0 radical (unpaired) electrons. The van der Waals surface area contributed by atoms with E-state index in [2.05, 4.69) is 15.4 Å². The molecule has 1 amide bonds.